The van der Waals surface area contributed by atoms with Gasteiger partial charge in [-0.3, -0.25) is 14.8 Å². The Labute approximate surface area is 183 Å². The highest BCUT2D eigenvalue weighted by Crippen LogP contribution is 2.29. The van der Waals surface area contributed by atoms with Crippen molar-refractivity contribution in [2.24, 2.45) is 0 Å². The fourth-order valence-electron chi connectivity index (χ4n) is 2.91. The number of methoxy groups -OCH3 is 1. The molecule has 4 rings (SSSR count). The summed E-state index contributed by atoms with van der Waals surface area (Å²) in [6.45, 7) is 1.88. The topological polar surface area (TPSA) is 97.4 Å². The summed E-state index contributed by atoms with van der Waals surface area (Å²) in [7, 11) is -2.17. The Morgan fingerprint density at radius 1 is 1.03 bits per heavy atom. The van der Waals surface area contributed by atoms with E-state index in [1.807, 2.05) is 19.1 Å². The van der Waals surface area contributed by atoms with Gasteiger partial charge in [0.1, 0.15) is 5.75 Å². The number of aryl methyl sites for hydroxylation is 1. The summed E-state index contributed by atoms with van der Waals surface area (Å²) < 4.78 is 33.8. The molecule has 1 aromatic heterocycles. The van der Waals surface area contributed by atoms with E-state index in [0.717, 1.165) is 15.8 Å². The molecule has 4 aromatic rings. The molecule has 2 N–H and O–H groups in total. The number of fused-ring (bicyclic) bond motifs is 1. The van der Waals surface area contributed by atoms with Crippen LogP contribution in [0.25, 0.3) is 10.2 Å². The Morgan fingerprint density at radius 3 is 2.55 bits per heavy atom. The lowest BCUT2D eigenvalue weighted by atomic mass is 10.2. The van der Waals surface area contributed by atoms with Crippen molar-refractivity contribution >= 4 is 48.3 Å². The quantitative estimate of drug-likeness (QED) is 0.442. The summed E-state index contributed by atoms with van der Waals surface area (Å²) in [5.74, 6) is 0.324. The van der Waals surface area contributed by atoms with E-state index in [9.17, 15) is 13.2 Å². The van der Waals surface area contributed by atoms with Crippen molar-refractivity contribution in [3.63, 3.8) is 0 Å². The maximum Gasteiger partial charge on any atom is 0.261 e. The standard InChI is InChI=1S/C22H19N3O4S2/c1-14-6-9-18(10-7-14)31(27,28)25-16-5-3-4-15(12-16)21(26)24-22-23-19-11-8-17(29-2)13-20(19)30-22/h3-13,25H,1-2H3,(H,23,24,26). The second-order valence-corrected chi connectivity index (χ2v) is 9.52. The number of amides is 1. The van der Waals surface area contributed by atoms with Gasteiger partial charge in [-0.1, -0.05) is 35.1 Å². The van der Waals surface area contributed by atoms with Gasteiger partial charge in [0.25, 0.3) is 15.9 Å². The van der Waals surface area contributed by atoms with Crippen LogP contribution < -0.4 is 14.8 Å². The van der Waals surface area contributed by atoms with E-state index in [4.69, 9.17) is 4.74 Å². The van der Waals surface area contributed by atoms with Gasteiger partial charge in [0.05, 0.1) is 22.2 Å². The molecule has 158 valence electrons. The first-order chi connectivity index (χ1) is 14.8. The normalized spacial score (nSPS) is 11.3. The summed E-state index contributed by atoms with van der Waals surface area (Å²) in [5, 5.41) is 3.21. The number of thiazole rings is 1. The average Bonchev–Trinajstić information content (AvgIpc) is 3.15. The zero-order valence-electron chi connectivity index (χ0n) is 16.7. The average molecular weight is 454 g/mol. The van der Waals surface area contributed by atoms with Crippen LogP contribution >= 0.6 is 11.3 Å². The number of rotatable bonds is 6. The molecule has 0 aliphatic carbocycles. The molecule has 31 heavy (non-hydrogen) atoms. The van der Waals surface area contributed by atoms with Gasteiger partial charge in [0, 0.05) is 11.3 Å². The number of sulfonamides is 1. The van der Waals surface area contributed by atoms with E-state index < -0.39 is 10.0 Å². The molecule has 1 heterocycles. The molecule has 0 atom stereocenters. The first-order valence-electron chi connectivity index (χ1n) is 9.29. The Bertz CT molecular complexity index is 1360. The maximum atomic E-state index is 12.7. The van der Waals surface area contributed by atoms with Crippen LogP contribution in [0.2, 0.25) is 0 Å². The molecule has 0 saturated carbocycles. The summed E-state index contributed by atoms with van der Waals surface area (Å²) in [5.41, 5.74) is 2.31. The monoisotopic (exact) mass is 453 g/mol. The third-order valence-corrected chi connectivity index (χ3v) is 6.86. The molecule has 0 spiro atoms. The highest BCUT2D eigenvalue weighted by atomic mass is 32.2. The van der Waals surface area contributed by atoms with Crippen LogP contribution in [0.15, 0.2) is 71.6 Å². The van der Waals surface area contributed by atoms with Crippen molar-refractivity contribution in [2.75, 3.05) is 17.1 Å². The highest BCUT2D eigenvalue weighted by Gasteiger charge is 2.16. The molecule has 0 aliphatic heterocycles. The molecule has 0 unspecified atom stereocenters. The van der Waals surface area contributed by atoms with Gasteiger partial charge in [-0.2, -0.15) is 0 Å². The van der Waals surface area contributed by atoms with Crippen molar-refractivity contribution in [3.8, 4) is 5.75 Å². The molecule has 0 aliphatic rings. The van der Waals surface area contributed by atoms with Crippen LogP contribution in [-0.2, 0) is 10.0 Å². The zero-order valence-corrected chi connectivity index (χ0v) is 18.4. The van der Waals surface area contributed by atoms with Crippen LogP contribution in [0.5, 0.6) is 5.75 Å². The van der Waals surface area contributed by atoms with Crippen LogP contribution in [-0.4, -0.2) is 26.4 Å². The summed E-state index contributed by atoms with van der Waals surface area (Å²) in [4.78, 5) is 17.2. The van der Waals surface area contributed by atoms with Crippen molar-refractivity contribution in [3.05, 3.63) is 77.9 Å². The number of hydrogen-bond donors (Lipinski definition) is 2. The van der Waals surface area contributed by atoms with Gasteiger partial charge in [0.2, 0.25) is 0 Å². The molecule has 0 saturated heterocycles. The smallest absolute Gasteiger partial charge is 0.261 e. The largest absolute Gasteiger partial charge is 0.497 e. The SMILES string of the molecule is COc1ccc2nc(NC(=O)c3cccc(NS(=O)(=O)c4ccc(C)cc4)c3)sc2c1. The molecule has 7 nitrogen and oxygen atoms in total. The fourth-order valence-corrected chi connectivity index (χ4v) is 4.85. The predicted molar refractivity (Wildman–Crippen MR) is 123 cm³/mol. The van der Waals surface area contributed by atoms with E-state index in [1.165, 1.54) is 29.5 Å². The van der Waals surface area contributed by atoms with Gasteiger partial charge in [-0.15, -0.1) is 0 Å². The van der Waals surface area contributed by atoms with Crippen molar-refractivity contribution in [1.82, 2.24) is 4.98 Å². The van der Waals surface area contributed by atoms with Crippen LogP contribution in [0.1, 0.15) is 15.9 Å². The van der Waals surface area contributed by atoms with Gasteiger partial charge >= 0.3 is 0 Å². The molecule has 0 fully saturated rings. The summed E-state index contributed by atoms with van der Waals surface area (Å²) >= 11 is 1.33. The predicted octanol–water partition coefficient (Wildman–Crippen LogP) is 4.67. The molecule has 3 aromatic carbocycles. The minimum Gasteiger partial charge on any atom is -0.497 e. The molecular weight excluding hydrogens is 434 g/mol. The number of nitrogens with zero attached hydrogens (tertiary/aromatic N) is 1. The van der Waals surface area contributed by atoms with E-state index in [1.54, 1.807) is 43.5 Å². The first kappa shape index (κ1) is 20.8. The lowest BCUT2D eigenvalue weighted by molar-refractivity contribution is 0.102. The number of benzene rings is 3. The Hall–Kier alpha value is -3.43. The summed E-state index contributed by atoms with van der Waals surface area (Å²) in [6.07, 6.45) is 0. The second kappa shape index (κ2) is 8.37. The van der Waals surface area contributed by atoms with Crippen LogP contribution in [0.3, 0.4) is 0 Å². The van der Waals surface area contributed by atoms with Crippen molar-refractivity contribution < 1.29 is 17.9 Å². The van der Waals surface area contributed by atoms with E-state index in [-0.39, 0.29) is 10.8 Å². The third-order valence-electron chi connectivity index (χ3n) is 4.52. The van der Waals surface area contributed by atoms with Crippen LogP contribution in [0.4, 0.5) is 10.8 Å². The van der Waals surface area contributed by atoms with Crippen molar-refractivity contribution in [2.45, 2.75) is 11.8 Å². The minimum atomic E-state index is -3.76. The van der Waals surface area contributed by atoms with E-state index in [2.05, 4.69) is 15.0 Å². The molecule has 1 amide bonds. The van der Waals surface area contributed by atoms with E-state index in [0.29, 0.717) is 22.1 Å². The van der Waals surface area contributed by atoms with Crippen LogP contribution in [0, 0.1) is 6.92 Å². The lowest BCUT2D eigenvalue weighted by Crippen LogP contribution is -2.15. The number of hydrogen-bond acceptors (Lipinski definition) is 6. The zero-order chi connectivity index (χ0) is 22.0. The Morgan fingerprint density at radius 2 is 1.81 bits per heavy atom. The lowest BCUT2D eigenvalue weighted by Gasteiger charge is -2.10. The Balaban J connectivity index is 1.52. The number of anilines is 2. The summed E-state index contributed by atoms with van der Waals surface area (Å²) in [6, 6.07) is 18.3. The van der Waals surface area contributed by atoms with Crippen molar-refractivity contribution in [1.29, 1.82) is 0 Å². The third kappa shape index (κ3) is 4.68. The van der Waals surface area contributed by atoms with Gasteiger partial charge < -0.3 is 4.74 Å². The van der Waals surface area contributed by atoms with Gasteiger partial charge in [0.15, 0.2) is 5.13 Å². The minimum absolute atomic E-state index is 0.151. The maximum absolute atomic E-state index is 12.7. The molecule has 0 radical (unpaired) electrons. The number of ether oxygens (including phenoxy) is 1. The molecule has 9 heteroatoms. The second-order valence-electron chi connectivity index (χ2n) is 6.81. The van der Waals surface area contributed by atoms with E-state index >= 15 is 0 Å². The molecule has 0 bridgehead atoms. The molecular formula is C22H19N3O4S2. The number of nitrogens with one attached hydrogen (secondary N) is 2. The van der Waals surface area contributed by atoms with Gasteiger partial charge in [-0.05, 0) is 55.5 Å². The Kier molecular flexibility index (Phi) is 5.62. The fraction of sp³-hybridized carbons (Fsp3) is 0.0909. The highest BCUT2D eigenvalue weighted by molar-refractivity contribution is 7.92. The number of aromatic nitrogens is 1. The van der Waals surface area contributed by atoms with Gasteiger partial charge in [-0.25, -0.2) is 13.4 Å². The number of carbonyl (C=O) groups excluding carboxylic acids is 1. The number of carbonyl (C=O) groups is 1. The first-order valence-corrected chi connectivity index (χ1v) is 11.6.